The van der Waals surface area contributed by atoms with Crippen LogP contribution in [0.1, 0.15) is 10.5 Å². The first kappa shape index (κ1) is 11.3. The average molecular weight is 248 g/mol. The fourth-order valence-corrected chi connectivity index (χ4v) is 2.41. The molecular weight excluding hydrogens is 232 g/mol. The van der Waals surface area contributed by atoms with Crippen LogP contribution in [0.3, 0.4) is 0 Å². The van der Waals surface area contributed by atoms with Crippen molar-refractivity contribution in [1.29, 1.82) is 0 Å². The lowest BCUT2D eigenvalue weighted by atomic mass is 10.1. The largest absolute Gasteiger partial charge is 0.474 e. The van der Waals surface area contributed by atoms with Gasteiger partial charge in [-0.3, -0.25) is 4.79 Å². The molecule has 0 aliphatic carbocycles. The van der Waals surface area contributed by atoms with Crippen LogP contribution in [0.2, 0.25) is 0 Å². The van der Waals surface area contributed by atoms with Crippen LogP contribution in [0, 0.1) is 0 Å². The van der Waals surface area contributed by atoms with E-state index in [2.05, 4.69) is 20.5 Å². The van der Waals surface area contributed by atoms with Gasteiger partial charge in [-0.05, 0) is 12.1 Å². The molecule has 1 fully saturated rings. The maximum atomic E-state index is 11.5. The number of anilines is 1. The number of hydrogen-bond acceptors (Lipinski definition) is 5. The summed E-state index contributed by atoms with van der Waals surface area (Å²) in [5, 5.41) is 5.91. The molecule has 6 heteroatoms. The maximum absolute atomic E-state index is 11.5. The zero-order valence-corrected chi connectivity index (χ0v) is 10.3. The molecule has 1 saturated heterocycles. The van der Waals surface area contributed by atoms with Crippen LogP contribution >= 0.6 is 0 Å². The Morgan fingerprint density at radius 3 is 3.33 bits per heavy atom. The van der Waals surface area contributed by atoms with Crippen LogP contribution in [0.15, 0.2) is 12.1 Å². The molecule has 0 radical (unpaired) electrons. The van der Waals surface area contributed by atoms with Crippen molar-refractivity contribution in [2.75, 3.05) is 38.2 Å². The third-order valence-corrected chi connectivity index (χ3v) is 3.37. The molecule has 1 aromatic heterocycles. The number of fused-ring (bicyclic) bond motifs is 3. The van der Waals surface area contributed by atoms with E-state index in [4.69, 9.17) is 4.74 Å². The van der Waals surface area contributed by atoms with Gasteiger partial charge in [0.15, 0.2) is 0 Å². The van der Waals surface area contributed by atoms with Gasteiger partial charge < -0.3 is 20.3 Å². The van der Waals surface area contributed by atoms with Gasteiger partial charge >= 0.3 is 0 Å². The van der Waals surface area contributed by atoms with Gasteiger partial charge in [-0.1, -0.05) is 0 Å². The Morgan fingerprint density at radius 1 is 1.61 bits per heavy atom. The second kappa shape index (κ2) is 4.45. The standard InChI is InChI=1S/C12H16N4O2/c1-13-11(17)9-2-3-10-12(15-9)18-7-8-6-14-4-5-16(8)10/h2-3,8,14H,4-7H2,1H3,(H,13,17)/t8-/m0/s1. The second-order valence-electron chi connectivity index (χ2n) is 4.46. The summed E-state index contributed by atoms with van der Waals surface area (Å²) < 4.78 is 5.66. The predicted molar refractivity (Wildman–Crippen MR) is 67.1 cm³/mol. The molecule has 1 atom stereocenters. The fourth-order valence-electron chi connectivity index (χ4n) is 2.41. The third-order valence-electron chi connectivity index (χ3n) is 3.37. The van der Waals surface area contributed by atoms with Crippen molar-refractivity contribution in [3.05, 3.63) is 17.8 Å². The van der Waals surface area contributed by atoms with E-state index in [0.717, 1.165) is 25.3 Å². The van der Waals surface area contributed by atoms with Crippen molar-refractivity contribution in [2.45, 2.75) is 6.04 Å². The number of pyridine rings is 1. The molecule has 3 heterocycles. The molecule has 2 aliphatic rings. The molecule has 0 bridgehead atoms. The first-order valence-electron chi connectivity index (χ1n) is 6.13. The van der Waals surface area contributed by atoms with Crippen molar-refractivity contribution in [3.8, 4) is 5.88 Å². The van der Waals surface area contributed by atoms with E-state index in [1.165, 1.54) is 0 Å². The topological polar surface area (TPSA) is 66.5 Å². The summed E-state index contributed by atoms with van der Waals surface area (Å²) in [6.07, 6.45) is 0. The zero-order chi connectivity index (χ0) is 12.5. The molecule has 96 valence electrons. The molecule has 6 nitrogen and oxygen atoms in total. The molecule has 2 aliphatic heterocycles. The molecule has 3 rings (SSSR count). The van der Waals surface area contributed by atoms with Gasteiger partial charge in [0.05, 0.1) is 6.04 Å². The lowest BCUT2D eigenvalue weighted by Gasteiger charge is -2.41. The third kappa shape index (κ3) is 1.78. The number of nitrogens with zero attached hydrogens (tertiary/aromatic N) is 2. The quantitative estimate of drug-likeness (QED) is 0.708. The van der Waals surface area contributed by atoms with Crippen molar-refractivity contribution in [3.63, 3.8) is 0 Å². The first-order chi connectivity index (χ1) is 8.79. The Hall–Kier alpha value is -1.82. The zero-order valence-electron chi connectivity index (χ0n) is 10.3. The summed E-state index contributed by atoms with van der Waals surface area (Å²) in [5.41, 5.74) is 1.38. The highest BCUT2D eigenvalue weighted by atomic mass is 16.5. The molecule has 0 spiro atoms. The minimum absolute atomic E-state index is 0.191. The van der Waals surface area contributed by atoms with Gasteiger partial charge in [0.2, 0.25) is 5.88 Å². The SMILES string of the molecule is CNC(=O)c1ccc2c(n1)OC[C@@H]1CNCCN21. The van der Waals surface area contributed by atoms with Crippen LogP contribution in [0.5, 0.6) is 5.88 Å². The van der Waals surface area contributed by atoms with Gasteiger partial charge in [-0.15, -0.1) is 0 Å². The Balaban J connectivity index is 1.93. The fraction of sp³-hybridized carbons (Fsp3) is 0.500. The lowest BCUT2D eigenvalue weighted by molar-refractivity contribution is 0.0956. The second-order valence-corrected chi connectivity index (χ2v) is 4.46. The molecule has 1 aromatic rings. The molecule has 0 saturated carbocycles. The first-order valence-corrected chi connectivity index (χ1v) is 6.13. The number of hydrogen-bond donors (Lipinski definition) is 2. The predicted octanol–water partition coefficient (Wildman–Crippen LogP) is -0.388. The summed E-state index contributed by atoms with van der Waals surface area (Å²) in [6.45, 7) is 3.45. The molecular formula is C12H16N4O2. The molecule has 18 heavy (non-hydrogen) atoms. The Labute approximate surface area is 105 Å². The summed E-state index contributed by atoms with van der Waals surface area (Å²) >= 11 is 0. The normalized spacial score (nSPS) is 21.6. The number of nitrogens with one attached hydrogen (secondary N) is 2. The lowest BCUT2D eigenvalue weighted by Crippen LogP contribution is -2.55. The number of rotatable bonds is 1. The highest BCUT2D eigenvalue weighted by Gasteiger charge is 2.30. The van der Waals surface area contributed by atoms with E-state index in [9.17, 15) is 4.79 Å². The van der Waals surface area contributed by atoms with Gasteiger partial charge in [-0.25, -0.2) is 4.98 Å². The molecule has 0 unspecified atom stereocenters. The van der Waals surface area contributed by atoms with Gasteiger partial charge in [0.1, 0.15) is 18.0 Å². The van der Waals surface area contributed by atoms with E-state index in [1.807, 2.05) is 6.07 Å². The highest BCUT2D eigenvalue weighted by molar-refractivity contribution is 5.92. The van der Waals surface area contributed by atoms with E-state index in [-0.39, 0.29) is 5.91 Å². The van der Waals surface area contributed by atoms with Crippen LogP contribution in [-0.4, -0.2) is 50.2 Å². The van der Waals surface area contributed by atoms with E-state index >= 15 is 0 Å². The van der Waals surface area contributed by atoms with Crippen LogP contribution in [0.25, 0.3) is 0 Å². The monoisotopic (exact) mass is 248 g/mol. The van der Waals surface area contributed by atoms with Crippen molar-refractivity contribution in [1.82, 2.24) is 15.6 Å². The summed E-state index contributed by atoms with van der Waals surface area (Å²) in [7, 11) is 1.59. The highest BCUT2D eigenvalue weighted by Crippen LogP contribution is 2.32. The van der Waals surface area contributed by atoms with Crippen LogP contribution in [0.4, 0.5) is 5.69 Å². The summed E-state index contributed by atoms with van der Waals surface area (Å²) in [4.78, 5) is 18.1. The van der Waals surface area contributed by atoms with E-state index < -0.39 is 0 Å². The molecule has 0 aromatic carbocycles. The van der Waals surface area contributed by atoms with Crippen LogP contribution in [-0.2, 0) is 0 Å². The molecule has 2 N–H and O–H groups in total. The summed E-state index contributed by atoms with van der Waals surface area (Å²) in [6, 6.07) is 4.02. The van der Waals surface area contributed by atoms with Gasteiger partial charge in [0.25, 0.3) is 5.91 Å². The smallest absolute Gasteiger partial charge is 0.269 e. The number of ether oxygens (including phenoxy) is 1. The number of carbonyl (C=O) groups is 1. The number of carbonyl (C=O) groups excluding carboxylic acids is 1. The van der Waals surface area contributed by atoms with Gasteiger partial charge in [-0.2, -0.15) is 0 Å². The minimum atomic E-state index is -0.191. The number of piperazine rings is 1. The Kier molecular flexibility index (Phi) is 2.79. The van der Waals surface area contributed by atoms with Crippen molar-refractivity contribution < 1.29 is 9.53 Å². The van der Waals surface area contributed by atoms with E-state index in [1.54, 1.807) is 13.1 Å². The van der Waals surface area contributed by atoms with Crippen molar-refractivity contribution >= 4 is 11.6 Å². The van der Waals surface area contributed by atoms with Crippen molar-refractivity contribution in [2.24, 2.45) is 0 Å². The Morgan fingerprint density at radius 2 is 2.50 bits per heavy atom. The average Bonchev–Trinajstić information content (AvgIpc) is 2.45. The molecule has 1 amide bonds. The Bertz CT molecular complexity index is 477. The van der Waals surface area contributed by atoms with Crippen LogP contribution < -0.4 is 20.3 Å². The van der Waals surface area contributed by atoms with E-state index in [0.29, 0.717) is 24.2 Å². The number of aromatic nitrogens is 1. The maximum Gasteiger partial charge on any atom is 0.269 e. The van der Waals surface area contributed by atoms with Gasteiger partial charge in [0, 0.05) is 26.7 Å². The minimum Gasteiger partial charge on any atom is -0.474 e. The summed E-state index contributed by atoms with van der Waals surface area (Å²) in [5.74, 6) is 0.373. The number of amides is 1.